The molecule has 0 aromatic heterocycles. The minimum atomic E-state index is -0.983. The molecule has 3 aromatic rings. The van der Waals surface area contributed by atoms with Crippen molar-refractivity contribution in [2.45, 2.75) is 75.6 Å². The van der Waals surface area contributed by atoms with E-state index in [1.165, 1.54) is 11.8 Å². The molecule has 0 radical (unpaired) electrons. The third-order valence-corrected chi connectivity index (χ3v) is 12.7. The van der Waals surface area contributed by atoms with Gasteiger partial charge in [-0.15, -0.1) is 11.8 Å². The molecule has 6 heterocycles. The fourth-order valence-corrected chi connectivity index (χ4v) is 10.2. The summed E-state index contributed by atoms with van der Waals surface area (Å²) < 4.78 is 18.0. The number of likely N-dealkylation sites (N-methyl/N-ethyl adjacent to an activating group) is 1. The first-order valence-corrected chi connectivity index (χ1v) is 17.6. The molecular weight excluding hydrogens is 644 g/mol. The largest absolute Gasteiger partial charge is 0.507 e. The third-order valence-electron chi connectivity index (χ3n) is 11.3. The lowest BCUT2D eigenvalue weighted by atomic mass is 9.71. The highest BCUT2D eigenvalue weighted by Gasteiger charge is 2.60. The summed E-state index contributed by atoms with van der Waals surface area (Å²) in [5.41, 5.74) is 6.68. The smallest absolute Gasteiger partial charge is 0.329 e. The van der Waals surface area contributed by atoms with Crippen LogP contribution in [0.2, 0.25) is 0 Å². The number of carbonyl (C=O) groups is 2. The van der Waals surface area contributed by atoms with Gasteiger partial charge in [0.15, 0.2) is 11.5 Å². The van der Waals surface area contributed by atoms with Crippen molar-refractivity contribution in [2.24, 2.45) is 0 Å². The fourth-order valence-electron chi connectivity index (χ4n) is 8.74. The Kier molecular flexibility index (Phi) is 7.51. The summed E-state index contributed by atoms with van der Waals surface area (Å²) in [7, 11) is 2.00. The Hall–Kier alpha value is -4.44. The van der Waals surface area contributed by atoms with Crippen molar-refractivity contribution < 1.29 is 34.0 Å². The minimum Gasteiger partial charge on any atom is -0.507 e. The number of esters is 1. The third kappa shape index (κ3) is 4.55. The molecule has 49 heavy (non-hydrogen) atoms. The first kappa shape index (κ1) is 31.8. The van der Waals surface area contributed by atoms with Gasteiger partial charge in [-0.1, -0.05) is 24.3 Å². The van der Waals surface area contributed by atoms with E-state index in [9.17, 15) is 25.1 Å². The van der Waals surface area contributed by atoms with Crippen LogP contribution in [0.5, 0.6) is 23.0 Å². The minimum absolute atomic E-state index is 0.0254. The number of hydrogen-bond acceptors (Lipinski definition) is 11. The molecule has 12 heteroatoms. The van der Waals surface area contributed by atoms with Gasteiger partial charge in [-0.25, -0.2) is 4.79 Å². The summed E-state index contributed by atoms with van der Waals surface area (Å²) in [6, 6.07) is 8.58. The number of hydrogen-bond donors (Lipinski definition) is 3. The van der Waals surface area contributed by atoms with Crippen molar-refractivity contribution in [3.63, 3.8) is 0 Å². The van der Waals surface area contributed by atoms with E-state index < -0.39 is 35.4 Å². The van der Waals surface area contributed by atoms with E-state index in [4.69, 9.17) is 14.2 Å². The van der Waals surface area contributed by atoms with E-state index >= 15 is 0 Å². The Morgan fingerprint density at radius 3 is 2.49 bits per heavy atom. The number of benzene rings is 3. The number of ether oxygens (including phenoxy) is 3. The lowest BCUT2D eigenvalue weighted by Crippen LogP contribution is -2.69. The molecule has 254 valence electrons. The molecule has 4 bridgehead atoms. The van der Waals surface area contributed by atoms with Crippen molar-refractivity contribution >= 4 is 23.6 Å². The molecule has 0 saturated carbocycles. The lowest BCUT2D eigenvalue weighted by molar-refractivity contribution is -0.151. The highest BCUT2D eigenvalue weighted by Crippen LogP contribution is 2.63. The number of nitriles is 1. The molecule has 6 aliphatic heterocycles. The molecule has 3 aromatic carbocycles. The van der Waals surface area contributed by atoms with Gasteiger partial charge in [-0.3, -0.25) is 14.6 Å². The van der Waals surface area contributed by atoms with Crippen LogP contribution in [0.3, 0.4) is 0 Å². The van der Waals surface area contributed by atoms with Gasteiger partial charge < -0.3 is 29.7 Å². The zero-order chi connectivity index (χ0) is 34.5. The predicted octanol–water partition coefficient (Wildman–Crippen LogP) is 4.42. The number of phenolic OH excluding ortho intramolecular Hbond substituents is 2. The van der Waals surface area contributed by atoms with Gasteiger partial charge in [0.2, 0.25) is 6.79 Å². The van der Waals surface area contributed by atoms with Gasteiger partial charge in [0.1, 0.15) is 30.2 Å². The molecule has 6 aliphatic rings. The number of fused-ring (bicyclic) bond motifs is 10. The average molecular weight is 683 g/mol. The van der Waals surface area contributed by atoms with Crippen molar-refractivity contribution in [3.05, 3.63) is 80.4 Å². The van der Waals surface area contributed by atoms with E-state index in [1.54, 1.807) is 19.1 Å². The fraction of sp³-hybridized carbons (Fsp3) is 0.432. The van der Waals surface area contributed by atoms with Gasteiger partial charge in [0.25, 0.3) is 5.91 Å². The second kappa shape index (κ2) is 11.6. The molecule has 3 N–H and O–H groups in total. The molecule has 9 rings (SSSR count). The SMILES string of the molecule is Cc1ccccc1C(=O)N[C@H]1CS[C@@H]2c3c(O)c(C)c4c(c3[C@@H](COC1=O)N1C2[C@H]2c3c(cc(C)c(C)c3O)C[C@@H]([C@@H]1C#N)N2C)OCO4. The van der Waals surface area contributed by atoms with Crippen LogP contribution in [0.15, 0.2) is 30.3 Å². The number of piperazine rings is 1. The Labute approximate surface area is 288 Å². The topological polar surface area (TPSA) is 145 Å². The molecular formula is C37H38N4O7S. The molecule has 2 saturated heterocycles. The number of aryl methyl sites for hydroxylation is 2. The number of phenols is 2. The molecule has 11 nitrogen and oxygen atoms in total. The standard InChI is InChI=1S/C37H38N4O7S/c1-16-8-6-7-9-21(16)36(44)39-22-14-49-35-28-27(34-33(47-15-48-34)19(4)32(28)43)25(13-46-37(22)45)41-24(12-38)23-11-20-10-17(2)18(3)31(42)26(20)29(30(35)41)40(23)5/h6-10,22-25,29-30,35,42-43H,11,13-15H2,1-5H3,(H,39,44)/t22-,23-,24-,25+,29+,30?,35+/m0/s1. The van der Waals surface area contributed by atoms with Crippen molar-refractivity contribution in [1.29, 1.82) is 5.26 Å². The van der Waals surface area contributed by atoms with Crippen LogP contribution in [0, 0.1) is 39.0 Å². The maximum atomic E-state index is 13.8. The van der Waals surface area contributed by atoms with Gasteiger partial charge in [0.05, 0.1) is 23.4 Å². The first-order valence-electron chi connectivity index (χ1n) is 16.5. The summed E-state index contributed by atoms with van der Waals surface area (Å²) in [4.78, 5) is 31.6. The maximum absolute atomic E-state index is 13.8. The Morgan fingerprint density at radius 2 is 1.73 bits per heavy atom. The molecule has 0 spiro atoms. The predicted molar refractivity (Wildman–Crippen MR) is 181 cm³/mol. The number of aromatic hydroxyl groups is 2. The van der Waals surface area contributed by atoms with Crippen LogP contribution >= 0.6 is 11.8 Å². The summed E-state index contributed by atoms with van der Waals surface area (Å²) >= 11 is 1.42. The average Bonchev–Trinajstić information content (AvgIpc) is 3.57. The molecule has 7 atom stereocenters. The number of carbonyl (C=O) groups excluding carboxylic acids is 2. The highest BCUT2D eigenvalue weighted by atomic mass is 32.2. The summed E-state index contributed by atoms with van der Waals surface area (Å²) in [6.45, 7) is 7.35. The van der Waals surface area contributed by atoms with E-state index in [2.05, 4.69) is 27.3 Å². The highest BCUT2D eigenvalue weighted by molar-refractivity contribution is 7.99. The molecule has 1 unspecified atom stereocenters. The van der Waals surface area contributed by atoms with Crippen LogP contribution in [0.4, 0.5) is 0 Å². The van der Waals surface area contributed by atoms with E-state index in [1.807, 2.05) is 40.0 Å². The quantitative estimate of drug-likeness (QED) is 0.331. The summed E-state index contributed by atoms with van der Waals surface area (Å²) in [6.07, 6.45) is 0.555. The monoisotopic (exact) mass is 682 g/mol. The van der Waals surface area contributed by atoms with Crippen LogP contribution in [0.1, 0.15) is 72.2 Å². The van der Waals surface area contributed by atoms with Gasteiger partial charge in [-0.2, -0.15) is 5.26 Å². The second-order valence-corrected chi connectivity index (χ2v) is 14.9. The second-order valence-electron chi connectivity index (χ2n) is 13.7. The summed E-state index contributed by atoms with van der Waals surface area (Å²) in [5.74, 6) is 0.386. The van der Waals surface area contributed by atoms with Crippen molar-refractivity contribution in [2.75, 3.05) is 26.2 Å². The summed E-state index contributed by atoms with van der Waals surface area (Å²) in [5, 5.41) is 37.1. The van der Waals surface area contributed by atoms with Gasteiger partial charge >= 0.3 is 5.97 Å². The van der Waals surface area contributed by atoms with Crippen LogP contribution in [-0.2, 0) is 16.0 Å². The number of thioether (sulfide) groups is 1. The van der Waals surface area contributed by atoms with Crippen molar-refractivity contribution in [3.8, 4) is 29.1 Å². The Balaban J connectivity index is 1.32. The van der Waals surface area contributed by atoms with Gasteiger partial charge in [-0.05, 0) is 69.5 Å². The molecule has 0 aliphatic carbocycles. The Morgan fingerprint density at radius 1 is 1.00 bits per heavy atom. The zero-order valence-corrected chi connectivity index (χ0v) is 28.8. The van der Waals surface area contributed by atoms with E-state index in [0.29, 0.717) is 40.2 Å². The van der Waals surface area contributed by atoms with Gasteiger partial charge in [0, 0.05) is 45.7 Å². The zero-order valence-electron chi connectivity index (χ0n) is 27.9. The number of amides is 1. The van der Waals surface area contributed by atoms with Crippen LogP contribution < -0.4 is 14.8 Å². The normalized spacial score (nSPS) is 28.5. The molecule has 1 amide bonds. The first-order chi connectivity index (χ1) is 23.5. The molecule has 2 fully saturated rings. The number of rotatable bonds is 2. The number of nitrogens with one attached hydrogen (secondary N) is 1. The lowest BCUT2D eigenvalue weighted by Gasteiger charge is -2.61. The van der Waals surface area contributed by atoms with Crippen LogP contribution in [-0.4, -0.2) is 82.3 Å². The van der Waals surface area contributed by atoms with E-state index in [0.717, 1.165) is 27.8 Å². The maximum Gasteiger partial charge on any atom is 0.329 e. The van der Waals surface area contributed by atoms with E-state index in [-0.39, 0.29) is 48.6 Å². The Bertz CT molecular complexity index is 1980. The van der Waals surface area contributed by atoms with Crippen molar-refractivity contribution in [1.82, 2.24) is 15.1 Å². The number of nitrogens with zero attached hydrogens (tertiary/aromatic N) is 3. The van der Waals surface area contributed by atoms with Crippen LogP contribution in [0.25, 0.3) is 0 Å².